The first-order chi connectivity index (χ1) is 20.2. The summed E-state index contributed by atoms with van der Waals surface area (Å²) in [5, 5.41) is 49.6. The van der Waals surface area contributed by atoms with Gasteiger partial charge in [-0.3, -0.25) is 0 Å². The highest BCUT2D eigenvalue weighted by Gasteiger charge is 2.78. The predicted molar refractivity (Wildman–Crippen MR) is 161 cm³/mol. The molecule has 5 N–H and O–H groups in total. The normalized spacial score (nSPS) is 30.1. The lowest BCUT2D eigenvalue weighted by Crippen LogP contribution is -2.87. The standard InChI is InChI=1S/C34H36O7S/c35-25-30-31(36,21-26-13-5-1-6-14-26)32(37,22-27-15-7-2-8-16-27)33(38,23-28-17-9-3-10-18-28)34(41-30,42(39)40)24-29-19-11-4-12-20-29/h1-20,30,35-38H,21-25H2,(H,39,40)/t30-,31-,32+,33-,34?/m1/s1. The van der Waals surface area contributed by atoms with Gasteiger partial charge in [-0.2, -0.15) is 0 Å². The first-order valence-corrected chi connectivity index (χ1v) is 15.0. The van der Waals surface area contributed by atoms with Gasteiger partial charge < -0.3 is 29.7 Å². The fourth-order valence-electron chi connectivity index (χ4n) is 6.38. The Bertz CT molecular complexity index is 1470. The Hall–Kier alpha value is -3.21. The Morgan fingerprint density at radius 2 is 0.929 bits per heavy atom. The molecule has 0 radical (unpaired) electrons. The average Bonchev–Trinajstić information content (AvgIpc) is 3.00. The highest BCUT2D eigenvalue weighted by molar-refractivity contribution is 7.80. The van der Waals surface area contributed by atoms with Gasteiger partial charge in [-0.15, -0.1) is 0 Å². The van der Waals surface area contributed by atoms with Gasteiger partial charge in [-0.05, 0) is 22.3 Å². The van der Waals surface area contributed by atoms with E-state index in [1.54, 1.807) is 109 Å². The zero-order valence-corrected chi connectivity index (χ0v) is 23.9. The molecule has 220 valence electrons. The number of hydrogen-bond donors (Lipinski definition) is 5. The van der Waals surface area contributed by atoms with Crippen LogP contribution in [0.15, 0.2) is 121 Å². The highest BCUT2D eigenvalue weighted by Crippen LogP contribution is 2.55. The summed E-state index contributed by atoms with van der Waals surface area (Å²) in [4.78, 5) is -2.36. The summed E-state index contributed by atoms with van der Waals surface area (Å²) < 4.78 is 31.0. The molecule has 0 spiro atoms. The van der Waals surface area contributed by atoms with Gasteiger partial charge in [0.2, 0.25) is 4.93 Å². The number of aliphatic hydroxyl groups excluding tert-OH is 1. The molecular formula is C34H36O7S. The summed E-state index contributed by atoms with van der Waals surface area (Å²) in [7, 11) is 0. The van der Waals surface area contributed by atoms with Gasteiger partial charge in [0.05, 0.1) is 6.61 Å². The van der Waals surface area contributed by atoms with Crippen molar-refractivity contribution in [2.75, 3.05) is 6.61 Å². The van der Waals surface area contributed by atoms with Crippen molar-refractivity contribution in [1.82, 2.24) is 0 Å². The summed E-state index contributed by atoms with van der Waals surface area (Å²) in [5.74, 6) is 0. The highest BCUT2D eigenvalue weighted by atomic mass is 32.2. The topological polar surface area (TPSA) is 127 Å². The lowest BCUT2D eigenvalue weighted by molar-refractivity contribution is -0.369. The van der Waals surface area contributed by atoms with E-state index in [0.29, 0.717) is 22.3 Å². The van der Waals surface area contributed by atoms with E-state index in [1.165, 1.54) is 0 Å². The van der Waals surface area contributed by atoms with Crippen LogP contribution in [0.25, 0.3) is 0 Å². The summed E-state index contributed by atoms with van der Waals surface area (Å²) in [5.41, 5.74) is -5.04. The molecule has 42 heavy (non-hydrogen) atoms. The fraction of sp³-hybridized carbons (Fsp3) is 0.294. The van der Waals surface area contributed by atoms with Gasteiger partial charge in [-0.1, -0.05) is 121 Å². The second kappa shape index (κ2) is 12.2. The minimum Gasteiger partial charge on any atom is -0.394 e. The maximum absolute atomic E-state index is 13.6. The minimum absolute atomic E-state index is 0.209. The van der Waals surface area contributed by atoms with Crippen molar-refractivity contribution >= 4 is 11.1 Å². The van der Waals surface area contributed by atoms with Crippen molar-refractivity contribution in [2.24, 2.45) is 0 Å². The van der Waals surface area contributed by atoms with Crippen molar-refractivity contribution < 1.29 is 33.9 Å². The van der Waals surface area contributed by atoms with Crippen LogP contribution in [0.1, 0.15) is 22.3 Å². The largest absolute Gasteiger partial charge is 0.394 e. The molecule has 7 nitrogen and oxygen atoms in total. The SMILES string of the molecule is O=S(O)C1(Cc2ccccc2)O[C@H](CO)[C@](O)(Cc2ccccc2)[C@@](O)(Cc2ccccc2)[C@]1(O)Cc1ccccc1. The van der Waals surface area contributed by atoms with Crippen LogP contribution in [-0.4, -0.2) is 63.6 Å². The first-order valence-electron chi connectivity index (χ1n) is 13.9. The van der Waals surface area contributed by atoms with Gasteiger partial charge >= 0.3 is 0 Å². The van der Waals surface area contributed by atoms with Crippen molar-refractivity contribution in [1.29, 1.82) is 0 Å². The van der Waals surface area contributed by atoms with Crippen LogP contribution in [0, 0.1) is 0 Å². The molecule has 1 fully saturated rings. The molecule has 6 atom stereocenters. The third-order valence-electron chi connectivity index (χ3n) is 8.55. The average molecular weight is 589 g/mol. The van der Waals surface area contributed by atoms with E-state index in [0.717, 1.165) is 0 Å². The molecule has 1 heterocycles. The molecule has 4 aromatic rings. The molecule has 0 aromatic heterocycles. The van der Waals surface area contributed by atoms with Crippen LogP contribution in [0.5, 0.6) is 0 Å². The summed E-state index contributed by atoms with van der Waals surface area (Å²) >= 11 is -2.92. The Morgan fingerprint density at radius 1 is 0.571 bits per heavy atom. The first kappa shape index (κ1) is 30.3. The van der Waals surface area contributed by atoms with Crippen molar-refractivity contribution in [2.45, 2.75) is 53.5 Å². The van der Waals surface area contributed by atoms with E-state index in [-0.39, 0.29) is 25.7 Å². The second-order valence-electron chi connectivity index (χ2n) is 11.1. The zero-order chi connectivity index (χ0) is 29.8. The second-order valence-corrected chi connectivity index (χ2v) is 12.2. The van der Waals surface area contributed by atoms with E-state index < -0.39 is 45.5 Å². The van der Waals surface area contributed by atoms with Gasteiger partial charge in [-0.25, -0.2) is 4.21 Å². The maximum Gasteiger partial charge on any atom is 0.204 e. The Morgan fingerprint density at radius 3 is 1.31 bits per heavy atom. The van der Waals surface area contributed by atoms with Gasteiger partial charge in [0.15, 0.2) is 11.1 Å². The molecule has 8 heteroatoms. The van der Waals surface area contributed by atoms with E-state index in [4.69, 9.17) is 4.74 Å². The van der Waals surface area contributed by atoms with Crippen molar-refractivity contribution in [3.63, 3.8) is 0 Å². The third-order valence-corrected chi connectivity index (χ3v) is 9.69. The molecule has 1 aliphatic rings. The zero-order valence-electron chi connectivity index (χ0n) is 23.1. The lowest BCUT2D eigenvalue weighted by atomic mass is 9.57. The van der Waals surface area contributed by atoms with Crippen LogP contribution in [0.3, 0.4) is 0 Å². The van der Waals surface area contributed by atoms with Crippen LogP contribution >= 0.6 is 0 Å². The summed E-state index contributed by atoms with van der Waals surface area (Å²) in [6.45, 7) is -0.782. The number of benzene rings is 4. The Labute approximate surface area is 248 Å². The van der Waals surface area contributed by atoms with E-state index >= 15 is 0 Å². The molecule has 2 unspecified atom stereocenters. The molecule has 0 amide bonds. The van der Waals surface area contributed by atoms with Crippen LogP contribution in [-0.2, 0) is 41.5 Å². The molecule has 5 rings (SSSR count). The quantitative estimate of drug-likeness (QED) is 0.180. The van der Waals surface area contributed by atoms with Gasteiger partial charge in [0, 0.05) is 25.7 Å². The minimum atomic E-state index is -2.92. The maximum atomic E-state index is 13.6. The van der Waals surface area contributed by atoms with E-state index in [9.17, 15) is 29.2 Å². The molecule has 0 saturated carbocycles. The number of hydrogen-bond acceptors (Lipinski definition) is 6. The van der Waals surface area contributed by atoms with E-state index in [1.807, 2.05) is 12.1 Å². The van der Waals surface area contributed by atoms with Crippen molar-refractivity contribution in [3.05, 3.63) is 144 Å². The third kappa shape index (κ3) is 5.24. The van der Waals surface area contributed by atoms with Crippen LogP contribution in [0.2, 0.25) is 0 Å². The van der Waals surface area contributed by atoms with Gasteiger partial charge in [0.25, 0.3) is 0 Å². The summed E-state index contributed by atoms with van der Waals surface area (Å²) in [6.07, 6.45) is -2.66. The van der Waals surface area contributed by atoms with Crippen LogP contribution < -0.4 is 0 Å². The lowest BCUT2D eigenvalue weighted by Gasteiger charge is -2.64. The molecule has 0 aliphatic carbocycles. The fourth-order valence-corrected chi connectivity index (χ4v) is 7.40. The monoisotopic (exact) mass is 588 g/mol. The Kier molecular flexibility index (Phi) is 8.78. The molecule has 4 aromatic carbocycles. The molecule has 1 aliphatic heterocycles. The molecular weight excluding hydrogens is 552 g/mol. The number of ether oxygens (including phenoxy) is 1. The summed E-state index contributed by atoms with van der Waals surface area (Å²) in [6, 6.07) is 35.4. The Balaban J connectivity index is 1.80. The van der Waals surface area contributed by atoms with Crippen LogP contribution in [0.4, 0.5) is 0 Å². The number of aliphatic hydroxyl groups is 4. The predicted octanol–water partition coefficient (Wildman–Crippen LogP) is 3.46. The smallest absolute Gasteiger partial charge is 0.204 e. The van der Waals surface area contributed by atoms with E-state index in [2.05, 4.69) is 0 Å². The molecule has 0 bridgehead atoms. The molecule has 1 saturated heterocycles. The number of rotatable bonds is 10. The van der Waals surface area contributed by atoms with Crippen molar-refractivity contribution in [3.8, 4) is 0 Å². The van der Waals surface area contributed by atoms with Gasteiger partial charge in [0.1, 0.15) is 22.9 Å².